The first kappa shape index (κ1) is 34.2. The molecular weight excluding hydrogens is 654 g/mol. The van der Waals surface area contributed by atoms with Gasteiger partial charge in [0.05, 0.1) is 31.6 Å². The number of nitrogens with one attached hydrogen (secondary N) is 1. The summed E-state index contributed by atoms with van der Waals surface area (Å²) in [6, 6.07) is 16.4. The number of aryl methyl sites for hydroxylation is 1. The quantitative estimate of drug-likeness (QED) is 0.169. The SMILES string of the molecule is Cc1cc(F)ccc1Oc1cc(C(F)(F)F)c(Cl)cc1C(=O)Nc1ccnc(OCCS(C)(=O)=NC(=O)OCc2ccccc2)c1. The van der Waals surface area contributed by atoms with Crippen molar-refractivity contribution < 1.29 is 45.6 Å². The van der Waals surface area contributed by atoms with Gasteiger partial charge in [0.25, 0.3) is 5.91 Å². The van der Waals surface area contributed by atoms with E-state index in [0.29, 0.717) is 6.07 Å². The fraction of sp³-hybridized carbons (Fsp3) is 0.194. The van der Waals surface area contributed by atoms with E-state index in [-0.39, 0.29) is 47.4 Å². The van der Waals surface area contributed by atoms with E-state index in [1.807, 2.05) is 6.07 Å². The number of nitrogens with zero attached hydrogens (tertiary/aromatic N) is 2. The maximum atomic E-state index is 13.6. The number of rotatable bonds is 10. The molecule has 3 aromatic carbocycles. The lowest BCUT2D eigenvalue weighted by Gasteiger charge is -2.17. The first-order valence-electron chi connectivity index (χ1n) is 13.4. The van der Waals surface area contributed by atoms with Gasteiger partial charge in [0.1, 0.15) is 30.5 Å². The van der Waals surface area contributed by atoms with E-state index in [2.05, 4.69) is 14.7 Å². The van der Waals surface area contributed by atoms with Gasteiger partial charge in [0.15, 0.2) is 0 Å². The van der Waals surface area contributed by atoms with Gasteiger partial charge in [-0.3, -0.25) is 4.79 Å². The average Bonchev–Trinajstić information content (AvgIpc) is 2.98. The van der Waals surface area contributed by atoms with Gasteiger partial charge in [-0.05, 0) is 54.4 Å². The van der Waals surface area contributed by atoms with Crippen molar-refractivity contribution in [2.75, 3.05) is 23.9 Å². The summed E-state index contributed by atoms with van der Waals surface area (Å²) in [6.07, 6.45) is -3.28. The van der Waals surface area contributed by atoms with Gasteiger partial charge < -0.3 is 19.5 Å². The van der Waals surface area contributed by atoms with Crippen molar-refractivity contribution in [3.8, 4) is 17.4 Å². The van der Waals surface area contributed by atoms with Crippen molar-refractivity contribution in [3.05, 3.63) is 112 Å². The number of anilines is 1. The van der Waals surface area contributed by atoms with E-state index in [9.17, 15) is 31.4 Å². The first-order chi connectivity index (χ1) is 21.7. The Balaban J connectivity index is 1.44. The van der Waals surface area contributed by atoms with Crippen LogP contribution < -0.4 is 14.8 Å². The van der Waals surface area contributed by atoms with Crippen LogP contribution in [0.4, 0.5) is 28.0 Å². The Kier molecular flexibility index (Phi) is 10.9. The summed E-state index contributed by atoms with van der Waals surface area (Å²) in [6.45, 7) is 1.29. The average molecular weight is 680 g/mol. The molecule has 0 aliphatic carbocycles. The molecule has 1 heterocycles. The summed E-state index contributed by atoms with van der Waals surface area (Å²) in [5.41, 5.74) is -0.417. The second-order valence-electron chi connectivity index (χ2n) is 9.82. The van der Waals surface area contributed by atoms with Crippen molar-refractivity contribution in [1.29, 1.82) is 0 Å². The largest absolute Gasteiger partial charge is 0.477 e. The molecule has 46 heavy (non-hydrogen) atoms. The van der Waals surface area contributed by atoms with E-state index in [0.717, 1.165) is 23.8 Å². The molecular formula is C31H26ClF4N3O6S. The fourth-order valence-electron chi connectivity index (χ4n) is 3.89. The summed E-state index contributed by atoms with van der Waals surface area (Å²) < 4.78 is 86.9. The molecule has 0 saturated heterocycles. The van der Waals surface area contributed by atoms with Crippen LogP contribution in [0.5, 0.6) is 17.4 Å². The van der Waals surface area contributed by atoms with Crippen molar-refractivity contribution in [3.63, 3.8) is 0 Å². The molecule has 0 saturated carbocycles. The zero-order chi connectivity index (χ0) is 33.5. The molecule has 1 N–H and O–H groups in total. The highest BCUT2D eigenvalue weighted by Gasteiger charge is 2.35. The molecule has 1 aromatic heterocycles. The van der Waals surface area contributed by atoms with Crippen molar-refractivity contribution in [2.45, 2.75) is 19.7 Å². The van der Waals surface area contributed by atoms with Crippen LogP contribution in [0.25, 0.3) is 0 Å². The summed E-state index contributed by atoms with van der Waals surface area (Å²) in [5, 5.41) is 1.78. The highest BCUT2D eigenvalue weighted by molar-refractivity contribution is 7.93. The minimum atomic E-state index is -4.85. The van der Waals surface area contributed by atoms with Crippen molar-refractivity contribution in [2.24, 2.45) is 4.36 Å². The third-order valence-electron chi connectivity index (χ3n) is 6.15. The number of alkyl halides is 3. The van der Waals surface area contributed by atoms with Gasteiger partial charge in [0, 0.05) is 24.2 Å². The number of hydrogen-bond acceptors (Lipinski definition) is 7. The minimum Gasteiger partial charge on any atom is -0.477 e. The van der Waals surface area contributed by atoms with Crippen molar-refractivity contribution >= 4 is 39.0 Å². The predicted octanol–water partition coefficient (Wildman–Crippen LogP) is 8.06. The van der Waals surface area contributed by atoms with Crippen molar-refractivity contribution in [1.82, 2.24) is 4.98 Å². The third-order valence-corrected chi connectivity index (χ3v) is 7.93. The van der Waals surface area contributed by atoms with Crippen LogP contribution in [0.1, 0.15) is 27.0 Å². The molecule has 0 fully saturated rings. The Bertz CT molecular complexity index is 1870. The summed E-state index contributed by atoms with van der Waals surface area (Å²) in [4.78, 5) is 29.3. The van der Waals surface area contributed by atoms with Gasteiger partial charge in [-0.2, -0.15) is 13.2 Å². The highest BCUT2D eigenvalue weighted by Crippen LogP contribution is 2.40. The maximum absolute atomic E-state index is 13.6. The summed E-state index contributed by atoms with van der Waals surface area (Å²) in [5.74, 6) is -2.07. The molecule has 0 aliphatic rings. The van der Waals surface area contributed by atoms with E-state index in [1.165, 1.54) is 37.6 Å². The lowest BCUT2D eigenvalue weighted by atomic mass is 10.1. The molecule has 4 aromatic rings. The fourth-order valence-corrected chi connectivity index (χ4v) is 5.02. The lowest BCUT2D eigenvalue weighted by Crippen LogP contribution is -2.16. The topological polar surface area (TPSA) is 116 Å². The monoisotopic (exact) mass is 679 g/mol. The van der Waals surface area contributed by atoms with Gasteiger partial charge in [0.2, 0.25) is 5.88 Å². The zero-order valence-corrected chi connectivity index (χ0v) is 25.8. The lowest BCUT2D eigenvalue weighted by molar-refractivity contribution is -0.137. The summed E-state index contributed by atoms with van der Waals surface area (Å²) in [7, 11) is -3.02. The molecule has 9 nitrogen and oxygen atoms in total. The number of halogens is 5. The molecule has 0 radical (unpaired) electrons. The maximum Gasteiger partial charge on any atom is 0.442 e. The third kappa shape index (κ3) is 9.65. The van der Waals surface area contributed by atoms with E-state index < -0.39 is 50.1 Å². The van der Waals surface area contributed by atoms with Gasteiger partial charge >= 0.3 is 12.3 Å². The number of hydrogen-bond donors (Lipinski definition) is 1. The van der Waals surface area contributed by atoms with E-state index >= 15 is 0 Å². The molecule has 1 unspecified atom stereocenters. The number of benzene rings is 3. The van der Waals surface area contributed by atoms with Crippen LogP contribution in [-0.2, 0) is 27.2 Å². The number of carbonyl (C=O) groups is 2. The van der Waals surface area contributed by atoms with Crippen LogP contribution >= 0.6 is 11.6 Å². The van der Waals surface area contributed by atoms with Crippen LogP contribution in [0, 0.1) is 12.7 Å². The molecule has 15 heteroatoms. The Morgan fingerprint density at radius 2 is 1.76 bits per heavy atom. The summed E-state index contributed by atoms with van der Waals surface area (Å²) >= 11 is 5.89. The Morgan fingerprint density at radius 1 is 1.02 bits per heavy atom. The number of ether oxygens (including phenoxy) is 3. The molecule has 2 amide bonds. The Morgan fingerprint density at radius 3 is 2.46 bits per heavy atom. The smallest absolute Gasteiger partial charge is 0.442 e. The second kappa shape index (κ2) is 14.6. The second-order valence-corrected chi connectivity index (χ2v) is 12.7. The first-order valence-corrected chi connectivity index (χ1v) is 15.8. The van der Waals surface area contributed by atoms with Crippen LogP contribution in [0.15, 0.2) is 83.4 Å². The molecule has 242 valence electrons. The Hall–Kier alpha value is -4.69. The molecule has 1 atom stereocenters. The van der Waals surface area contributed by atoms with E-state index in [1.54, 1.807) is 24.3 Å². The Labute approximate surface area is 266 Å². The van der Waals surface area contributed by atoms with Gasteiger partial charge in [-0.15, -0.1) is 4.36 Å². The number of amides is 2. The number of pyridine rings is 1. The predicted molar refractivity (Wildman–Crippen MR) is 163 cm³/mol. The standard InChI is InChI=1S/C31H26ClF4N3O6S/c1-19-14-21(33)8-9-26(19)45-27-17-24(31(34,35)36)25(32)16-23(27)29(40)38-22-10-11-37-28(15-22)43-12-13-46(2,42)39-30(41)44-18-20-6-4-3-5-7-20/h3-11,14-17H,12-13,18H2,1-2H3,(H,37,38,40). The molecule has 0 spiro atoms. The van der Waals surface area contributed by atoms with Crippen LogP contribution in [-0.4, -0.2) is 39.8 Å². The highest BCUT2D eigenvalue weighted by atomic mass is 35.5. The number of aromatic nitrogens is 1. The van der Waals surface area contributed by atoms with E-state index in [4.69, 9.17) is 25.8 Å². The van der Waals surface area contributed by atoms with Crippen LogP contribution in [0.3, 0.4) is 0 Å². The normalized spacial score (nSPS) is 12.5. The molecule has 4 rings (SSSR count). The molecule has 0 bridgehead atoms. The van der Waals surface area contributed by atoms with Crippen LogP contribution in [0.2, 0.25) is 5.02 Å². The zero-order valence-electron chi connectivity index (χ0n) is 24.3. The minimum absolute atomic E-state index is 0.00326. The van der Waals surface area contributed by atoms with Gasteiger partial charge in [-0.25, -0.2) is 18.4 Å². The molecule has 0 aliphatic heterocycles. The number of carbonyl (C=O) groups excluding carboxylic acids is 2. The van der Waals surface area contributed by atoms with Gasteiger partial charge in [-0.1, -0.05) is 41.9 Å².